The molecule has 0 saturated heterocycles. The van der Waals surface area contributed by atoms with Crippen molar-refractivity contribution < 1.29 is 5.11 Å². The number of phenolic OH excluding ortho intramolecular Hbond substituents is 1. The van der Waals surface area contributed by atoms with Crippen molar-refractivity contribution in [1.82, 2.24) is 0 Å². The SMILES string of the molecule is CC(C)(C)Cc1cc(N)c(O)c(CC(C)(C)C)c1.N=C1C=CC=CC1=N. The fraction of sp³-hybridized carbons (Fsp3) is 0.455. The van der Waals surface area contributed by atoms with Crippen LogP contribution in [0, 0.1) is 21.6 Å². The molecule has 0 amide bonds. The largest absolute Gasteiger partial charge is 0.506 e. The zero-order chi connectivity index (χ0) is 20.1. The van der Waals surface area contributed by atoms with Gasteiger partial charge in [0.1, 0.15) is 5.75 Å². The Hall–Kier alpha value is -2.36. The summed E-state index contributed by atoms with van der Waals surface area (Å²) in [6.45, 7) is 13.1. The number of nitrogen functional groups attached to an aromatic ring is 1. The highest BCUT2D eigenvalue weighted by atomic mass is 16.3. The molecule has 1 aromatic rings. The van der Waals surface area contributed by atoms with E-state index >= 15 is 0 Å². The Bertz CT molecular complexity index is 707. The first-order valence-corrected chi connectivity index (χ1v) is 8.91. The van der Waals surface area contributed by atoms with Crippen molar-refractivity contribution in [3.8, 4) is 5.75 Å². The number of aromatic hydroxyl groups is 1. The Morgan fingerprint density at radius 3 is 1.69 bits per heavy atom. The number of hydrogen-bond donors (Lipinski definition) is 4. The van der Waals surface area contributed by atoms with Gasteiger partial charge >= 0.3 is 0 Å². The van der Waals surface area contributed by atoms with E-state index in [1.54, 1.807) is 24.3 Å². The van der Waals surface area contributed by atoms with Crippen LogP contribution >= 0.6 is 0 Å². The average molecular weight is 356 g/mol. The van der Waals surface area contributed by atoms with E-state index in [0.29, 0.717) is 5.69 Å². The van der Waals surface area contributed by atoms with Crippen molar-refractivity contribution in [1.29, 1.82) is 10.8 Å². The number of benzene rings is 1. The van der Waals surface area contributed by atoms with Gasteiger partial charge in [-0.25, -0.2) is 0 Å². The first-order valence-electron chi connectivity index (χ1n) is 8.91. The predicted molar refractivity (Wildman–Crippen MR) is 113 cm³/mol. The molecule has 4 nitrogen and oxygen atoms in total. The molecule has 1 aromatic carbocycles. The summed E-state index contributed by atoms with van der Waals surface area (Å²) in [7, 11) is 0. The number of hydrogen-bond acceptors (Lipinski definition) is 4. The van der Waals surface area contributed by atoms with Crippen LogP contribution in [0.5, 0.6) is 5.75 Å². The summed E-state index contributed by atoms with van der Waals surface area (Å²) in [6, 6.07) is 3.99. The first-order chi connectivity index (χ1) is 11.8. The van der Waals surface area contributed by atoms with Gasteiger partial charge in [-0.15, -0.1) is 0 Å². The summed E-state index contributed by atoms with van der Waals surface area (Å²) >= 11 is 0. The molecule has 0 spiro atoms. The van der Waals surface area contributed by atoms with Crippen molar-refractivity contribution in [2.75, 3.05) is 5.73 Å². The highest BCUT2D eigenvalue weighted by Gasteiger charge is 2.18. The van der Waals surface area contributed by atoms with E-state index in [2.05, 4.69) is 47.6 Å². The van der Waals surface area contributed by atoms with E-state index in [9.17, 15) is 5.11 Å². The second kappa shape index (κ2) is 8.35. The van der Waals surface area contributed by atoms with Crippen molar-refractivity contribution >= 4 is 17.1 Å². The lowest BCUT2D eigenvalue weighted by Gasteiger charge is -2.22. The summed E-state index contributed by atoms with van der Waals surface area (Å²) in [4.78, 5) is 0. The molecule has 0 bridgehead atoms. The molecular formula is C22H33N3O. The molecule has 0 unspecified atom stereocenters. The fourth-order valence-corrected chi connectivity index (χ4v) is 2.69. The summed E-state index contributed by atoms with van der Waals surface area (Å²) in [5.41, 5.74) is 9.51. The third-order valence-corrected chi connectivity index (χ3v) is 3.66. The molecule has 4 heteroatoms. The van der Waals surface area contributed by atoms with Crippen molar-refractivity contribution in [3.05, 3.63) is 47.6 Å². The fourth-order valence-electron chi connectivity index (χ4n) is 2.69. The molecule has 1 aliphatic carbocycles. The van der Waals surface area contributed by atoms with Gasteiger partial charge in [-0.2, -0.15) is 0 Å². The highest BCUT2D eigenvalue weighted by Crippen LogP contribution is 2.34. The maximum absolute atomic E-state index is 10.1. The summed E-state index contributed by atoms with van der Waals surface area (Å²) in [6.07, 6.45) is 8.50. The first kappa shape index (κ1) is 21.7. The topological polar surface area (TPSA) is 93.9 Å². The van der Waals surface area contributed by atoms with E-state index in [4.69, 9.17) is 16.6 Å². The minimum atomic E-state index is 0.143. The van der Waals surface area contributed by atoms with Gasteiger partial charge in [0.15, 0.2) is 0 Å². The second-order valence-electron chi connectivity index (χ2n) is 9.21. The minimum Gasteiger partial charge on any atom is -0.506 e. The molecule has 26 heavy (non-hydrogen) atoms. The highest BCUT2D eigenvalue weighted by molar-refractivity contribution is 6.48. The van der Waals surface area contributed by atoms with Crippen LogP contribution in [0.3, 0.4) is 0 Å². The number of phenols is 1. The van der Waals surface area contributed by atoms with E-state index in [1.807, 2.05) is 6.07 Å². The second-order valence-corrected chi connectivity index (χ2v) is 9.21. The van der Waals surface area contributed by atoms with E-state index in [1.165, 1.54) is 5.56 Å². The monoisotopic (exact) mass is 355 g/mol. The number of nitrogens with two attached hydrogens (primary N) is 1. The van der Waals surface area contributed by atoms with Crippen molar-refractivity contribution in [2.45, 2.75) is 54.4 Å². The molecular weight excluding hydrogens is 322 g/mol. The van der Waals surface area contributed by atoms with E-state index < -0.39 is 0 Å². The molecule has 5 N–H and O–H groups in total. The predicted octanol–water partition coefficient (Wildman–Crippen LogP) is 5.30. The lowest BCUT2D eigenvalue weighted by molar-refractivity contribution is 0.392. The number of allylic oxidation sites excluding steroid dienone is 4. The molecule has 0 fully saturated rings. The molecule has 1 aliphatic rings. The number of rotatable bonds is 2. The van der Waals surface area contributed by atoms with Crippen LogP contribution in [0.25, 0.3) is 0 Å². The number of nitrogens with one attached hydrogen (secondary N) is 2. The smallest absolute Gasteiger partial charge is 0.141 e. The zero-order valence-electron chi connectivity index (χ0n) is 16.9. The molecule has 0 heterocycles. The Morgan fingerprint density at radius 1 is 0.846 bits per heavy atom. The Morgan fingerprint density at radius 2 is 1.31 bits per heavy atom. The minimum absolute atomic E-state index is 0.143. The Kier molecular flexibility index (Phi) is 6.96. The van der Waals surface area contributed by atoms with Gasteiger partial charge in [0.05, 0.1) is 17.1 Å². The maximum Gasteiger partial charge on any atom is 0.141 e. The van der Waals surface area contributed by atoms with Gasteiger partial charge in [-0.3, -0.25) is 10.8 Å². The van der Waals surface area contributed by atoms with Crippen LogP contribution in [0.1, 0.15) is 52.7 Å². The van der Waals surface area contributed by atoms with Crippen LogP contribution in [0.4, 0.5) is 5.69 Å². The normalized spacial score (nSPS) is 14.2. The maximum atomic E-state index is 10.1. The van der Waals surface area contributed by atoms with Gasteiger partial charge in [-0.1, -0.05) is 59.8 Å². The van der Waals surface area contributed by atoms with Crippen LogP contribution in [0.15, 0.2) is 36.4 Å². The number of anilines is 1. The Balaban J connectivity index is 0.000000350. The molecule has 0 saturated carbocycles. The lowest BCUT2D eigenvalue weighted by Crippen LogP contribution is -2.12. The van der Waals surface area contributed by atoms with Crippen LogP contribution in [-0.2, 0) is 12.8 Å². The Labute approximate surface area is 157 Å². The van der Waals surface area contributed by atoms with Crippen LogP contribution < -0.4 is 5.73 Å². The molecule has 0 radical (unpaired) electrons. The van der Waals surface area contributed by atoms with Gasteiger partial charge in [0.2, 0.25) is 0 Å². The van der Waals surface area contributed by atoms with Crippen LogP contribution in [0.2, 0.25) is 0 Å². The van der Waals surface area contributed by atoms with Gasteiger partial charge < -0.3 is 10.8 Å². The quantitative estimate of drug-likeness (QED) is 0.329. The molecule has 0 aromatic heterocycles. The third kappa shape index (κ3) is 7.68. The molecule has 142 valence electrons. The van der Waals surface area contributed by atoms with Crippen molar-refractivity contribution in [2.24, 2.45) is 10.8 Å². The van der Waals surface area contributed by atoms with Gasteiger partial charge in [0, 0.05) is 0 Å². The standard InChI is InChI=1S/C16H27NO.C6H6N2/c1-15(2,3)9-11-7-12(10-16(4,5)6)14(18)13(17)8-11;7-5-3-1-2-4-6(5)8/h7-8,18H,9-10,17H2,1-6H3;1-4,7-8H. The molecule has 0 aliphatic heterocycles. The zero-order valence-corrected chi connectivity index (χ0v) is 16.9. The average Bonchev–Trinajstić information content (AvgIpc) is 2.45. The van der Waals surface area contributed by atoms with Crippen LogP contribution in [-0.4, -0.2) is 16.5 Å². The summed E-state index contributed by atoms with van der Waals surface area (Å²) < 4.78 is 0. The third-order valence-electron chi connectivity index (χ3n) is 3.66. The van der Waals surface area contributed by atoms with Gasteiger partial charge in [0.25, 0.3) is 0 Å². The summed E-state index contributed by atoms with van der Waals surface area (Å²) in [5.74, 6) is 0.252. The molecule has 2 rings (SSSR count). The van der Waals surface area contributed by atoms with E-state index in [0.717, 1.165) is 18.4 Å². The van der Waals surface area contributed by atoms with Crippen molar-refractivity contribution in [3.63, 3.8) is 0 Å². The summed E-state index contributed by atoms with van der Waals surface area (Å²) in [5, 5.41) is 24.1. The lowest BCUT2D eigenvalue weighted by atomic mass is 9.84. The van der Waals surface area contributed by atoms with Gasteiger partial charge in [-0.05, 0) is 53.0 Å². The van der Waals surface area contributed by atoms with E-state index in [-0.39, 0.29) is 28.0 Å². The molecule has 0 atom stereocenters.